The summed E-state index contributed by atoms with van der Waals surface area (Å²) < 4.78 is 26.4. The van der Waals surface area contributed by atoms with Gasteiger partial charge in [0.25, 0.3) is 0 Å². The number of aliphatic imine (C=N–C) groups is 1. The Labute approximate surface area is 168 Å². The molecule has 1 saturated heterocycles. The highest BCUT2D eigenvalue weighted by atomic mass is 19.2. The van der Waals surface area contributed by atoms with E-state index >= 15 is 0 Å². The molecule has 1 aromatic carbocycles. The molecule has 1 aliphatic heterocycles. The van der Waals surface area contributed by atoms with Gasteiger partial charge in [-0.25, -0.2) is 8.78 Å². The summed E-state index contributed by atoms with van der Waals surface area (Å²) in [4.78, 5) is 6.94. The summed E-state index contributed by atoms with van der Waals surface area (Å²) >= 11 is 0. The van der Waals surface area contributed by atoms with E-state index in [9.17, 15) is 8.78 Å². The number of hydrogen-bond acceptors (Lipinski definition) is 3. The molecule has 1 fully saturated rings. The lowest BCUT2D eigenvalue weighted by Crippen LogP contribution is -2.48. The van der Waals surface area contributed by atoms with Crippen molar-refractivity contribution in [1.82, 2.24) is 20.9 Å². The van der Waals surface area contributed by atoms with Crippen molar-refractivity contribution in [3.8, 4) is 0 Å². The van der Waals surface area contributed by atoms with Gasteiger partial charge >= 0.3 is 0 Å². The average molecular weight is 396 g/mol. The van der Waals surface area contributed by atoms with Crippen LogP contribution in [0.1, 0.15) is 46.1 Å². The zero-order valence-corrected chi connectivity index (χ0v) is 17.6. The number of nitrogens with zero attached hydrogens (tertiary/aromatic N) is 2. The van der Waals surface area contributed by atoms with E-state index in [4.69, 9.17) is 0 Å². The van der Waals surface area contributed by atoms with Crippen LogP contribution in [0, 0.1) is 11.6 Å². The number of hydrogen-bond donors (Lipinski definition) is 3. The van der Waals surface area contributed by atoms with Gasteiger partial charge in [0.1, 0.15) is 0 Å². The first-order valence-electron chi connectivity index (χ1n) is 10.2. The molecule has 0 saturated carbocycles. The first-order valence-corrected chi connectivity index (χ1v) is 10.2. The first kappa shape index (κ1) is 22.6. The van der Waals surface area contributed by atoms with Crippen molar-refractivity contribution in [2.75, 3.05) is 32.7 Å². The van der Waals surface area contributed by atoms with Crippen LogP contribution in [0.15, 0.2) is 23.2 Å². The van der Waals surface area contributed by atoms with Crippen molar-refractivity contribution in [3.05, 3.63) is 35.4 Å². The maximum Gasteiger partial charge on any atom is 0.191 e. The second-order valence-electron chi connectivity index (χ2n) is 8.38. The van der Waals surface area contributed by atoms with Gasteiger partial charge in [0, 0.05) is 44.3 Å². The summed E-state index contributed by atoms with van der Waals surface area (Å²) in [5, 5.41) is 10.3. The summed E-state index contributed by atoms with van der Waals surface area (Å²) in [5.41, 5.74) is 0.910. The lowest BCUT2D eigenvalue weighted by Gasteiger charge is -2.33. The van der Waals surface area contributed by atoms with Crippen LogP contribution in [0.3, 0.4) is 0 Å². The Bertz CT molecular complexity index is 634. The third-order valence-corrected chi connectivity index (χ3v) is 4.70. The lowest BCUT2D eigenvalue weighted by atomic mass is 10.0. The van der Waals surface area contributed by atoms with Crippen LogP contribution in [0.2, 0.25) is 0 Å². The van der Waals surface area contributed by atoms with Gasteiger partial charge in [-0.2, -0.15) is 0 Å². The van der Waals surface area contributed by atoms with Crippen LogP contribution in [0.25, 0.3) is 0 Å². The predicted molar refractivity (Wildman–Crippen MR) is 112 cm³/mol. The number of nitrogens with one attached hydrogen (secondary N) is 3. The van der Waals surface area contributed by atoms with Crippen molar-refractivity contribution in [3.63, 3.8) is 0 Å². The first-order chi connectivity index (χ1) is 13.3. The minimum Gasteiger partial charge on any atom is -0.357 e. The van der Waals surface area contributed by atoms with Gasteiger partial charge < -0.3 is 16.0 Å². The lowest BCUT2D eigenvalue weighted by molar-refractivity contribution is 0.198. The standard InChI is InChI=1S/C21H35F2N5/c1-5-24-20(25-10-11-26-21(2,3)4)27-17-8-12-28(13-9-17)15-16-6-7-18(22)19(23)14-16/h6-7,14,17,26H,5,8-13,15H2,1-4H3,(H2,24,25,27). The van der Waals surface area contributed by atoms with E-state index < -0.39 is 11.6 Å². The third kappa shape index (κ3) is 8.10. The topological polar surface area (TPSA) is 51.7 Å². The fourth-order valence-electron chi connectivity index (χ4n) is 3.24. The molecule has 1 heterocycles. The molecule has 0 aromatic heterocycles. The van der Waals surface area contributed by atoms with Crippen molar-refractivity contribution < 1.29 is 8.78 Å². The SMILES string of the molecule is CCNC(=NCCNC(C)(C)C)NC1CCN(Cc2ccc(F)c(F)c2)CC1. The molecule has 158 valence electrons. The number of benzene rings is 1. The highest BCUT2D eigenvalue weighted by molar-refractivity contribution is 5.80. The highest BCUT2D eigenvalue weighted by Crippen LogP contribution is 2.16. The molecule has 2 rings (SSSR count). The summed E-state index contributed by atoms with van der Waals surface area (Å²) in [7, 11) is 0. The molecule has 0 radical (unpaired) electrons. The zero-order valence-electron chi connectivity index (χ0n) is 17.6. The van der Waals surface area contributed by atoms with Gasteiger partial charge in [-0.15, -0.1) is 0 Å². The average Bonchev–Trinajstić information content (AvgIpc) is 2.63. The molecule has 0 aliphatic carbocycles. The molecule has 1 aromatic rings. The monoisotopic (exact) mass is 395 g/mol. The smallest absolute Gasteiger partial charge is 0.191 e. The van der Waals surface area contributed by atoms with E-state index in [1.807, 2.05) is 0 Å². The normalized spacial score (nSPS) is 17.0. The van der Waals surface area contributed by atoms with Crippen LogP contribution >= 0.6 is 0 Å². The Hall–Kier alpha value is -1.73. The van der Waals surface area contributed by atoms with Crippen LogP contribution in [-0.4, -0.2) is 55.2 Å². The zero-order chi connectivity index (χ0) is 20.6. The van der Waals surface area contributed by atoms with E-state index in [1.54, 1.807) is 6.07 Å². The maximum absolute atomic E-state index is 13.4. The van der Waals surface area contributed by atoms with Crippen molar-refractivity contribution in [2.45, 2.75) is 58.7 Å². The number of halogens is 2. The third-order valence-electron chi connectivity index (χ3n) is 4.70. The second-order valence-corrected chi connectivity index (χ2v) is 8.38. The molecule has 5 nitrogen and oxygen atoms in total. The van der Waals surface area contributed by atoms with Gasteiger partial charge in [-0.3, -0.25) is 9.89 Å². The van der Waals surface area contributed by atoms with Crippen LogP contribution < -0.4 is 16.0 Å². The largest absolute Gasteiger partial charge is 0.357 e. The predicted octanol–water partition coefficient (Wildman–Crippen LogP) is 2.87. The van der Waals surface area contributed by atoms with Crippen LogP contribution in [-0.2, 0) is 6.54 Å². The molecule has 0 atom stereocenters. The minimum atomic E-state index is -0.792. The summed E-state index contributed by atoms with van der Waals surface area (Å²) in [6, 6.07) is 4.52. The van der Waals surface area contributed by atoms with Gasteiger partial charge in [0.05, 0.1) is 6.54 Å². The molecule has 1 aliphatic rings. The van der Waals surface area contributed by atoms with E-state index in [1.165, 1.54) is 12.1 Å². The summed E-state index contributed by atoms with van der Waals surface area (Å²) in [6.07, 6.45) is 1.99. The van der Waals surface area contributed by atoms with Crippen LogP contribution in [0.5, 0.6) is 0 Å². The Kier molecular flexibility index (Phi) is 8.63. The van der Waals surface area contributed by atoms with Crippen LogP contribution in [0.4, 0.5) is 8.78 Å². The molecule has 7 heteroatoms. The molecule has 0 amide bonds. The molecule has 3 N–H and O–H groups in total. The van der Waals surface area contributed by atoms with Crippen molar-refractivity contribution in [1.29, 1.82) is 0 Å². The molecule has 28 heavy (non-hydrogen) atoms. The van der Waals surface area contributed by atoms with Crippen molar-refractivity contribution in [2.24, 2.45) is 4.99 Å². The van der Waals surface area contributed by atoms with Crippen molar-refractivity contribution >= 4 is 5.96 Å². The summed E-state index contributed by atoms with van der Waals surface area (Å²) in [6.45, 7) is 13.4. The van der Waals surface area contributed by atoms with E-state index in [0.29, 0.717) is 12.6 Å². The minimum absolute atomic E-state index is 0.0988. The molecule has 0 bridgehead atoms. The summed E-state index contributed by atoms with van der Waals surface area (Å²) in [5.74, 6) is -0.710. The Balaban J connectivity index is 1.77. The van der Waals surface area contributed by atoms with Gasteiger partial charge in [0.2, 0.25) is 0 Å². The number of likely N-dealkylation sites (tertiary alicyclic amines) is 1. The maximum atomic E-state index is 13.4. The van der Waals surface area contributed by atoms with Gasteiger partial charge in [-0.1, -0.05) is 6.07 Å². The fourth-order valence-corrected chi connectivity index (χ4v) is 3.24. The van der Waals surface area contributed by atoms with E-state index in [0.717, 1.165) is 57.1 Å². The van der Waals surface area contributed by atoms with Gasteiger partial charge in [0.15, 0.2) is 17.6 Å². The fraction of sp³-hybridized carbons (Fsp3) is 0.667. The number of piperidine rings is 1. The highest BCUT2D eigenvalue weighted by Gasteiger charge is 2.20. The van der Waals surface area contributed by atoms with E-state index in [-0.39, 0.29) is 5.54 Å². The molecule has 0 spiro atoms. The second kappa shape index (κ2) is 10.7. The Morgan fingerprint density at radius 1 is 1.18 bits per heavy atom. The Morgan fingerprint density at radius 3 is 2.50 bits per heavy atom. The Morgan fingerprint density at radius 2 is 1.89 bits per heavy atom. The molecule has 0 unspecified atom stereocenters. The number of rotatable bonds is 7. The molecular weight excluding hydrogens is 360 g/mol. The van der Waals surface area contributed by atoms with Gasteiger partial charge in [-0.05, 0) is 58.2 Å². The molecular formula is C21H35F2N5. The quantitative estimate of drug-likeness (QED) is 0.378. The van der Waals surface area contributed by atoms with E-state index in [2.05, 4.69) is 53.5 Å². The number of guanidine groups is 1.